The summed E-state index contributed by atoms with van der Waals surface area (Å²) in [4.78, 5) is 25.1. The fourth-order valence-electron chi connectivity index (χ4n) is 3.32. The number of benzene rings is 1. The van der Waals surface area contributed by atoms with Gasteiger partial charge in [-0.2, -0.15) is 0 Å². The number of carbonyl (C=O) groups excluding carboxylic acids is 1. The van der Waals surface area contributed by atoms with Crippen LogP contribution in [0.25, 0.3) is 4.98 Å². The first-order chi connectivity index (χ1) is 14.7. The van der Waals surface area contributed by atoms with E-state index in [4.69, 9.17) is 23.7 Å². The number of nitro benzene ring substituents is 1. The van der Waals surface area contributed by atoms with Gasteiger partial charge in [0.05, 0.1) is 18.1 Å². The van der Waals surface area contributed by atoms with Gasteiger partial charge in [0.25, 0.3) is 5.69 Å². The van der Waals surface area contributed by atoms with Crippen molar-refractivity contribution >= 4 is 11.7 Å². The summed E-state index contributed by atoms with van der Waals surface area (Å²) in [7, 11) is 0. The maximum absolute atomic E-state index is 12.0. The molecule has 2 aliphatic rings. The van der Waals surface area contributed by atoms with Gasteiger partial charge in [-0.15, -0.1) is 0 Å². The van der Waals surface area contributed by atoms with Gasteiger partial charge in [0, 0.05) is 12.1 Å². The summed E-state index contributed by atoms with van der Waals surface area (Å²) in [5, 5.41) is 30.6. The summed E-state index contributed by atoms with van der Waals surface area (Å²) in [5.41, 5.74) is -0.175. The first kappa shape index (κ1) is 22.6. The second-order valence-corrected chi connectivity index (χ2v) is 7.28. The molecule has 0 unspecified atom stereocenters. The van der Waals surface area contributed by atoms with Crippen LogP contribution in [-0.4, -0.2) is 53.0 Å². The Hall–Kier alpha value is -3.11. The molecule has 0 radical (unpaired) electrons. The lowest BCUT2D eigenvalue weighted by molar-refractivity contribution is -0.384. The molecule has 31 heavy (non-hydrogen) atoms. The molecular weight excluding hydrogens is 414 g/mol. The molecule has 2 saturated heterocycles. The highest BCUT2D eigenvalue weighted by atomic mass is 16.8. The number of fused-ring (bicyclic) bond motifs is 1. The molecule has 2 fully saturated rings. The van der Waals surface area contributed by atoms with Crippen molar-refractivity contribution in [3.8, 4) is 0 Å². The minimum Gasteiger partial charge on any atom is -0.503 e. The highest BCUT2D eigenvalue weighted by Crippen LogP contribution is 2.41. The second kappa shape index (κ2) is 8.94. The van der Waals surface area contributed by atoms with Crippen molar-refractivity contribution in [3.63, 3.8) is 0 Å². The summed E-state index contributed by atoms with van der Waals surface area (Å²) in [5.74, 6) is -2.71. The standard InChI is InChI=1S/C19H21N3O9/c1-4-27-17(24)12(21-20)13(23)14-15(16-18(29-14)31-19(2,3)30-16)28-9-10-5-7-11(8-6-10)22(25)26/h5-8,14-16,18H,4,9H2,1-3H3/p+1/t14-,15+,16-,18-/m1/s1. The average molecular weight is 436 g/mol. The Morgan fingerprint density at radius 3 is 2.58 bits per heavy atom. The van der Waals surface area contributed by atoms with Crippen LogP contribution < -0.4 is 0 Å². The molecule has 0 aromatic heterocycles. The molecule has 0 bridgehead atoms. The second-order valence-electron chi connectivity index (χ2n) is 7.28. The van der Waals surface area contributed by atoms with Crippen molar-refractivity contribution in [3.05, 3.63) is 56.4 Å². The van der Waals surface area contributed by atoms with Gasteiger partial charge in [-0.1, -0.05) is 0 Å². The van der Waals surface area contributed by atoms with Crippen LogP contribution in [0.5, 0.6) is 0 Å². The number of aliphatic hydroxyl groups excluding tert-OH is 1. The van der Waals surface area contributed by atoms with E-state index < -0.39 is 52.7 Å². The van der Waals surface area contributed by atoms with Crippen molar-refractivity contribution in [1.29, 1.82) is 5.39 Å². The van der Waals surface area contributed by atoms with Crippen LogP contribution in [0, 0.1) is 15.5 Å². The van der Waals surface area contributed by atoms with Gasteiger partial charge in [-0.3, -0.25) is 10.1 Å². The summed E-state index contributed by atoms with van der Waals surface area (Å²) in [6, 6.07) is 5.73. The third-order valence-electron chi connectivity index (χ3n) is 4.66. The Morgan fingerprint density at radius 2 is 2.00 bits per heavy atom. The predicted molar refractivity (Wildman–Crippen MR) is 102 cm³/mol. The monoisotopic (exact) mass is 436 g/mol. The smallest absolute Gasteiger partial charge is 0.503 e. The normalized spacial score (nSPS) is 27.2. The molecule has 0 spiro atoms. The Balaban J connectivity index is 1.84. The highest BCUT2D eigenvalue weighted by molar-refractivity contribution is 5.90. The summed E-state index contributed by atoms with van der Waals surface area (Å²) < 4.78 is 27.8. The summed E-state index contributed by atoms with van der Waals surface area (Å²) >= 11 is 0. The fourth-order valence-corrected chi connectivity index (χ4v) is 3.32. The predicted octanol–water partition coefficient (Wildman–Crippen LogP) is 2.54. The van der Waals surface area contributed by atoms with Gasteiger partial charge in [0.15, 0.2) is 23.2 Å². The number of non-ortho nitro benzene ring substituents is 1. The molecule has 1 aromatic carbocycles. The van der Waals surface area contributed by atoms with Gasteiger partial charge >= 0.3 is 11.7 Å². The number of hydrogen-bond acceptors (Lipinski definition) is 10. The molecule has 0 amide bonds. The lowest BCUT2D eigenvalue weighted by Gasteiger charge is -2.25. The topological polar surface area (TPSA) is 155 Å². The molecule has 2 heterocycles. The third-order valence-corrected chi connectivity index (χ3v) is 4.66. The van der Waals surface area contributed by atoms with E-state index in [0.717, 1.165) is 0 Å². The van der Waals surface area contributed by atoms with E-state index in [1.54, 1.807) is 20.8 Å². The maximum Gasteiger partial charge on any atom is 0.508 e. The number of rotatable bonds is 7. The van der Waals surface area contributed by atoms with Crippen molar-refractivity contribution in [2.24, 2.45) is 0 Å². The zero-order chi connectivity index (χ0) is 22.8. The summed E-state index contributed by atoms with van der Waals surface area (Å²) in [6.07, 6.45) is -3.87. The van der Waals surface area contributed by atoms with Crippen LogP contribution in [0.1, 0.15) is 26.3 Å². The van der Waals surface area contributed by atoms with Gasteiger partial charge < -0.3 is 28.8 Å². The molecule has 2 aliphatic heterocycles. The van der Waals surface area contributed by atoms with E-state index in [1.165, 1.54) is 24.3 Å². The minimum atomic E-state index is -1.25. The molecule has 166 valence electrons. The lowest BCUT2D eigenvalue weighted by Crippen LogP contribution is -2.38. The molecule has 0 aliphatic carbocycles. The van der Waals surface area contributed by atoms with E-state index in [0.29, 0.717) is 5.56 Å². The number of diazo groups is 1. The van der Waals surface area contributed by atoms with Gasteiger partial charge in [-0.25, -0.2) is 4.79 Å². The molecule has 4 atom stereocenters. The highest BCUT2D eigenvalue weighted by Gasteiger charge is 2.58. The Labute approximate surface area is 177 Å². The Bertz CT molecular complexity index is 923. The van der Waals surface area contributed by atoms with Crippen LogP contribution in [-0.2, 0) is 35.1 Å². The number of aliphatic hydroxyl groups is 1. The van der Waals surface area contributed by atoms with Crippen LogP contribution in [0.3, 0.4) is 0 Å². The Kier molecular flexibility index (Phi) is 6.51. The molecule has 1 N–H and O–H groups in total. The van der Waals surface area contributed by atoms with Crippen LogP contribution >= 0.6 is 0 Å². The molecule has 3 rings (SSSR count). The number of esters is 1. The first-order valence-corrected chi connectivity index (χ1v) is 9.48. The average Bonchev–Trinajstić information content (AvgIpc) is 3.19. The molecule has 12 nitrogen and oxygen atoms in total. The Morgan fingerprint density at radius 1 is 1.32 bits per heavy atom. The number of ether oxygens (including phenoxy) is 5. The van der Waals surface area contributed by atoms with Crippen LogP contribution in [0.4, 0.5) is 5.69 Å². The largest absolute Gasteiger partial charge is 0.508 e. The van der Waals surface area contributed by atoms with Crippen LogP contribution in [0.15, 0.2) is 35.7 Å². The summed E-state index contributed by atoms with van der Waals surface area (Å²) in [6.45, 7) is 4.91. The van der Waals surface area contributed by atoms with Crippen molar-refractivity contribution in [2.75, 3.05) is 6.61 Å². The number of nitrogens with zero attached hydrogens (tertiary/aromatic N) is 3. The van der Waals surface area contributed by atoms with E-state index in [2.05, 4.69) is 4.98 Å². The van der Waals surface area contributed by atoms with Gasteiger partial charge in [0.1, 0.15) is 12.2 Å². The quantitative estimate of drug-likeness (QED) is 0.168. The molecule has 1 aromatic rings. The van der Waals surface area contributed by atoms with Gasteiger partial charge in [-0.05, 0) is 38.5 Å². The lowest BCUT2D eigenvalue weighted by atomic mass is 10.1. The van der Waals surface area contributed by atoms with E-state index in [-0.39, 0.29) is 18.9 Å². The zero-order valence-electron chi connectivity index (χ0n) is 17.1. The first-order valence-electron chi connectivity index (χ1n) is 9.48. The fraction of sp³-hybridized carbons (Fsp3) is 0.526. The zero-order valence-corrected chi connectivity index (χ0v) is 17.1. The van der Waals surface area contributed by atoms with Crippen molar-refractivity contribution < 1.29 is 38.5 Å². The maximum atomic E-state index is 12.0. The number of nitro groups is 1. The van der Waals surface area contributed by atoms with Gasteiger partial charge in [0.2, 0.25) is 11.2 Å². The third kappa shape index (κ3) is 4.80. The molecule has 12 heteroatoms. The van der Waals surface area contributed by atoms with E-state index in [1.807, 2.05) is 0 Å². The molecular formula is C19H22N3O9+. The van der Waals surface area contributed by atoms with E-state index >= 15 is 0 Å². The minimum absolute atomic E-state index is 0.00237. The number of hydrogen-bond donors (Lipinski definition) is 1. The number of carbonyl (C=O) groups is 1. The van der Waals surface area contributed by atoms with Crippen molar-refractivity contribution in [1.82, 2.24) is 0 Å². The van der Waals surface area contributed by atoms with E-state index in [9.17, 15) is 25.4 Å². The van der Waals surface area contributed by atoms with Crippen molar-refractivity contribution in [2.45, 2.75) is 57.8 Å². The molecule has 0 saturated carbocycles. The van der Waals surface area contributed by atoms with Crippen LogP contribution in [0.2, 0.25) is 0 Å². The SMILES string of the molecule is CCOC(=O)/C([N+]#N)=C(\O)[C@H]1O[C@@H]2OC(C)(C)O[C@@H]2[C@H]1OCc1ccc([N+](=O)[O-])cc1.